The number of rotatable bonds is 4. The predicted octanol–water partition coefficient (Wildman–Crippen LogP) is 3.28. The van der Waals surface area contributed by atoms with Gasteiger partial charge >= 0.3 is 6.03 Å². The van der Waals surface area contributed by atoms with Crippen molar-refractivity contribution in [1.82, 2.24) is 10.6 Å². The molecule has 1 atom stereocenters. The van der Waals surface area contributed by atoms with Gasteiger partial charge in [-0.3, -0.25) is 0 Å². The minimum atomic E-state index is -0.0494. The summed E-state index contributed by atoms with van der Waals surface area (Å²) in [5.74, 6) is 0. The number of nitrogens with one attached hydrogen (secondary N) is 2. The summed E-state index contributed by atoms with van der Waals surface area (Å²) in [6.45, 7) is 2.29. The van der Waals surface area contributed by atoms with E-state index in [-0.39, 0.29) is 16.8 Å². The van der Waals surface area contributed by atoms with Crippen molar-refractivity contribution in [3.8, 4) is 0 Å². The lowest BCUT2D eigenvalue weighted by Gasteiger charge is -2.36. The van der Waals surface area contributed by atoms with Crippen molar-refractivity contribution >= 4 is 17.8 Å². The normalized spacial score (nSPS) is 22.9. The average molecular weight is 334 g/mol. The predicted molar refractivity (Wildman–Crippen MR) is 95.0 cm³/mol. The van der Waals surface area contributed by atoms with Crippen LogP contribution in [0.1, 0.15) is 42.9 Å². The van der Waals surface area contributed by atoms with Crippen molar-refractivity contribution in [3.63, 3.8) is 0 Å². The summed E-state index contributed by atoms with van der Waals surface area (Å²) in [6.07, 6.45) is 7.40. The molecule has 2 N–H and O–H groups in total. The highest BCUT2D eigenvalue weighted by Gasteiger charge is 2.32. The van der Waals surface area contributed by atoms with E-state index in [2.05, 4.69) is 41.2 Å². The molecule has 2 aliphatic rings. The number of benzene rings is 1. The minimum Gasteiger partial charge on any atom is -0.381 e. The topological polar surface area (TPSA) is 50.4 Å². The molecular formula is C18H26N2O2S. The molecule has 126 valence electrons. The van der Waals surface area contributed by atoms with Crippen LogP contribution in [0.3, 0.4) is 0 Å². The van der Waals surface area contributed by atoms with Gasteiger partial charge in [-0.1, -0.05) is 24.3 Å². The summed E-state index contributed by atoms with van der Waals surface area (Å²) in [7, 11) is 0. The molecule has 4 nitrogen and oxygen atoms in total. The molecule has 1 fully saturated rings. The van der Waals surface area contributed by atoms with Crippen LogP contribution in [0.5, 0.6) is 0 Å². The third-order valence-corrected chi connectivity index (χ3v) is 6.50. The molecule has 1 heterocycles. The van der Waals surface area contributed by atoms with Crippen molar-refractivity contribution in [2.24, 2.45) is 0 Å². The lowest BCUT2D eigenvalue weighted by atomic mass is 9.88. The van der Waals surface area contributed by atoms with E-state index in [1.807, 2.05) is 11.8 Å². The van der Waals surface area contributed by atoms with Crippen LogP contribution < -0.4 is 10.6 Å². The van der Waals surface area contributed by atoms with Gasteiger partial charge in [0, 0.05) is 24.5 Å². The van der Waals surface area contributed by atoms with E-state index >= 15 is 0 Å². The summed E-state index contributed by atoms with van der Waals surface area (Å²) in [5.41, 5.74) is 2.65. The summed E-state index contributed by atoms with van der Waals surface area (Å²) in [4.78, 5) is 12.4. The number of urea groups is 1. The Bertz CT molecular complexity index is 544. The molecule has 0 saturated carbocycles. The largest absolute Gasteiger partial charge is 0.381 e. The molecular weight excluding hydrogens is 308 g/mol. The number of aryl methyl sites for hydroxylation is 1. The number of hydrogen-bond acceptors (Lipinski definition) is 3. The molecule has 0 bridgehead atoms. The van der Waals surface area contributed by atoms with Crippen LogP contribution in [0, 0.1) is 0 Å². The molecule has 0 spiro atoms. The van der Waals surface area contributed by atoms with Crippen LogP contribution in [0.15, 0.2) is 24.3 Å². The lowest BCUT2D eigenvalue weighted by Crippen LogP contribution is -2.48. The second-order valence-electron chi connectivity index (χ2n) is 6.47. The fraction of sp³-hybridized carbons (Fsp3) is 0.611. The van der Waals surface area contributed by atoms with Crippen molar-refractivity contribution < 1.29 is 9.53 Å². The molecule has 0 unspecified atom stereocenters. The maximum Gasteiger partial charge on any atom is 0.315 e. The molecule has 1 saturated heterocycles. The van der Waals surface area contributed by atoms with E-state index < -0.39 is 0 Å². The summed E-state index contributed by atoms with van der Waals surface area (Å²) >= 11 is 1.85. The summed E-state index contributed by atoms with van der Waals surface area (Å²) < 4.78 is 5.58. The number of thioether (sulfide) groups is 1. The van der Waals surface area contributed by atoms with Crippen molar-refractivity contribution in [3.05, 3.63) is 35.4 Å². The van der Waals surface area contributed by atoms with Gasteiger partial charge in [0.25, 0.3) is 0 Å². The molecule has 1 aliphatic carbocycles. The Morgan fingerprint density at radius 1 is 1.35 bits per heavy atom. The van der Waals surface area contributed by atoms with Gasteiger partial charge in [0.2, 0.25) is 0 Å². The van der Waals surface area contributed by atoms with Crippen molar-refractivity contribution in [1.29, 1.82) is 0 Å². The first-order valence-corrected chi connectivity index (χ1v) is 9.70. The first-order valence-electron chi connectivity index (χ1n) is 8.47. The molecule has 0 radical (unpaired) electrons. The molecule has 1 aromatic rings. The standard InChI is InChI=1S/C18H26N2O2S/c1-23-18(9-11-22-12-10-18)13-19-17(21)20-16-8-4-6-14-5-2-3-7-15(14)16/h2-3,5,7,16H,4,6,8-13H2,1H3,(H2,19,20,21)/t16-/m1/s1. The fourth-order valence-corrected chi connectivity index (χ4v) is 4.34. The zero-order valence-electron chi connectivity index (χ0n) is 13.8. The lowest BCUT2D eigenvalue weighted by molar-refractivity contribution is 0.0777. The fourth-order valence-electron chi connectivity index (χ4n) is 3.55. The third kappa shape index (κ3) is 4.01. The van der Waals surface area contributed by atoms with Crippen molar-refractivity contribution in [2.45, 2.75) is 42.9 Å². The number of carbonyl (C=O) groups excluding carboxylic acids is 1. The second kappa shape index (κ2) is 7.58. The Labute approximate surface area is 142 Å². The van der Waals surface area contributed by atoms with Gasteiger partial charge in [-0.05, 0) is 49.5 Å². The van der Waals surface area contributed by atoms with E-state index in [0.29, 0.717) is 6.54 Å². The van der Waals surface area contributed by atoms with Gasteiger partial charge in [0.15, 0.2) is 0 Å². The number of carbonyl (C=O) groups is 1. The van der Waals surface area contributed by atoms with Crippen molar-refractivity contribution in [2.75, 3.05) is 26.0 Å². The van der Waals surface area contributed by atoms with E-state index in [0.717, 1.165) is 45.3 Å². The molecule has 2 amide bonds. The Morgan fingerprint density at radius 2 is 2.13 bits per heavy atom. The highest BCUT2D eigenvalue weighted by atomic mass is 32.2. The highest BCUT2D eigenvalue weighted by molar-refractivity contribution is 8.00. The Hall–Kier alpha value is -1.20. The van der Waals surface area contributed by atoms with Gasteiger partial charge in [0.05, 0.1) is 6.04 Å². The van der Waals surface area contributed by atoms with Gasteiger partial charge < -0.3 is 15.4 Å². The van der Waals surface area contributed by atoms with Crippen LogP contribution in [-0.4, -0.2) is 36.8 Å². The summed E-state index contributed by atoms with van der Waals surface area (Å²) in [5, 5.41) is 6.26. The molecule has 0 aromatic heterocycles. The molecule has 1 aromatic carbocycles. The van der Waals surface area contributed by atoms with Crippen LogP contribution in [0.2, 0.25) is 0 Å². The number of amides is 2. The zero-order chi connectivity index (χ0) is 16.1. The SMILES string of the molecule is CSC1(CNC(=O)N[C@@H]2CCCc3ccccc32)CCOCC1. The van der Waals surface area contributed by atoms with E-state index in [1.165, 1.54) is 11.1 Å². The molecule has 5 heteroatoms. The molecule has 3 rings (SSSR count). The van der Waals surface area contributed by atoms with Gasteiger partial charge in [-0.15, -0.1) is 0 Å². The van der Waals surface area contributed by atoms with Crippen LogP contribution in [0.25, 0.3) is 0 Å². The number of hydrogen-bond donors (Lipinski definition) is 2. The molecule has 1 aliphatic heterocycles. The maximum absolute atomic E-state index is 12.4. The average Bonchev–Trinajstić information content (AvgIpc) is 2.61. The maximum atomic E-state index is 12.4. The first-order chi connectivity index (χ1) is 11.2. The zero-order valence-corrected chi connectivity index (χ0v) is 14.6. The van der Waals surface area contributed by atoms with Gasteiger partial charge in [-0.2, -0.15) is 11.8 Å². The number of fused-ring (bicyclic) bond motifs is 1. The third-order valence-electron chi connectivity index (χ3n) is 5.08. The smallest absolute Gasteiger partial charge is 0.315 e. The van der Waals surface area contributed by atoms with Gasteiger partial charge in [-0.25, -0.2) is 4.79 Å². The Balaban J connectivity index is 1.56. The van der Waals surface area contributed by atoms with Crippen LogP contribution in [0.4, 0.5) is 4.79 Å². The first kappa shape index (κ1) is 16.7. The summed E-state index contributed by atoms with van der Waals surface area (Å²) in [6, 6.07) is 8.54. The van der Waals surface area contributed by atoms with E-state index in [4.69, 9.17) is 4.74 Å². The second-order valence-corrected chi connectivity index (χ2v) is 7.74. The molecule has 23 heavy (non-hydrogen) atoms. The van der Waals surface area contributed by atoms with E-state index in [9.17, 15) is 4.79 Å². The van der Waals surface area contributed by atoms with E-state index in [1.54, 1.807) is 0 Å². The van der Waals surface area contributed by atoms with Crippen LogP contribution >= 0.6 is 11.8 Å². The Kier molecular flexibility index (Phi) is 5.49. The van der Waals surface area contributed by atoms with Gasteiger partial charge in [0.1, 0.15) is 0 Å². The monoisotopic (exact) mass is 334 g/mol. The highest BCUT2D eigenvalue weighted by Crippen LogP contribution is 2.33. The minimum absolute atomic E-state index is 0.0494. The Morgan fingerprint density at radius 3 is 2.91 bits per heavy atom. The van der Waals surface area contributed by atoms with Crippen LogP contribution in [-0.2, 0) is 11.2 Å². The quantitative estimate of drug-likeness (QED) is 0.888. The number of ether oxygens (including phenoxy) is 1.